The Hall–Kier alpha value is -1.59. The molecule has 6 nitrogen and oxygen atoms in total. The Kier molecular flexibility index (Phi) is 48.6. The maximum absolute atomic E-state index is 12.8. The van der Waals surface area contributed by atoms with Gasteiger partial charge in [0, 0.05) is 19.3 Å². The van der Waals surface area contributed by atoms with Gasteiger partial charge in [-0.2, -0.15) is 0 Å². The molecule has 0 aromatic carbocycles. The minimum absolute atomic E-state index is 0.0628. The highest BCUT2D eigenvalue weighted by Gasteiger charge is 2.19. The zero-order chi connectivity index (χ0) is 46.1. The molecule has 0 aromatic heterocycles. The number of hydrogen-bond acceptors (Lipinski definition) is 6. The van der Waals surface area contributed by atoms with Gasteiger partial charge in [0.25, 0.3) is 0 Å². The lowest BCUT2D eigenvalue weighted by atomic mass is 10.0. The summed E-state index contributed by atoms with van der Waals surface area (Å²) in [5, 5.41) is 0. The van der Waals surface area contributed by atoms with Crippen LogP contribution >= 0.6 is 0 Å². The Morgan fingerprint density at radius 2 is 0.524 bits per heavy atom. The van der Waals surface area contributed by atoms with E-state index < -0.39 is 6.10 Å². The van der Waals surface area contributed by atoms with Crippen LogP contribution < -0.4 is 0 Å². The monoisotopic (exact) mass is 891 g/mol. The largest absolute Gasteiger partial charge is 0.462 e. The number of carbonyl (C=O) groups excluding carboxylic acids is 3. The number of carbonyl (C=O) groups is 3. The summed E-state index contributed by atoms with van der Waals surface area (Å²) >= 11 is 0. The zero-order valence-corrected chi connectivity index (χ0v) is 43.2. The Morgan fingerprint density at radius 3 is 0.778 bits per heavy atom. The van der Waals surface area contributed by atoms with Crippen molar-refractivity contribution in [3.8, 4) is 0 Å². The first-order valence-corrected chi connectivity index (χ1v) is 28.2. The van der Waals surface area contributed by atoms with Gasteiger partial charge in [0.1, 0.15) is 13.2 Å². The van der Waals surface area contributed by atoms with Gasteiger partial charge < -0.3 is 14.2 Å². The summed E-state index contributed by atoms with van der Waals surface area (Å²) < 4.78 is 16.9. The van der Waals surface area contributed by atoms with Crippen LogP contribution in [0.25, 0.3) is 0 Å². The molecule has 0 aliphatic carbocycles. The smallest absolute Gasteiger partial charge is 0.306 e. The average molecular weight is 892 g/mol. The lowest BCUT2D eigenvalue weighted by molar-refractivity contribution is -0.167. The van der Waals surface area contributed by atoms with Gasteiger partial charge in [-0.3, -0.25) is 14.4 Å². The van der Waals surface area contributed by atoms with E-state index in [0.29, 0.717) is 19.3 Å². The molecule has 0 bridgehead atoms. The summed E-state index contributed by atoms with van der Waals surface area (Å²) in [5.74, 6) is 0.838. The van der Waals surface area contributed by atoms with E-state index in [0.717, 1.165) is 69.6 Å². The van der Waals surface area contributed by atoms with Crippen molar-refractivity contribution in [2.24, 2.45) is 11.8 Å². The summed E-state index contributed by atoms with van der Waals surface area (Å²) in [7, 11) is 0. The van der Waals surface area contributed by atoms with Crippen molar-refractivity contribution >= 4 is 17.9 Å². The molecule has 63 heavy (non-hydrogen) atoms. The number of hydrogen-bond donors (Lipinski definition) is 0. The maximum atomic E-state index is 12.8. The Bertz CT molecular complexity index is 962. The van der Waals surface area contributed by atoms with Gasteiger partial charge in [-0.15, -0.1) is 0 Å². The van der Waals surface area contributed by atoms with Crippen molar-refractivity contribution in [2.75, 3.05) is 13.2 Å². The second kappa shape index (κ2) is 49.8. The first-order chi connectivity index (χ1) is 30.7. The molecule has 0 rings (SSSR count). The fraction of sp³-hybridized carbons (Fsp3) is 0.947. The molecule has 0 spiro atoms. The van der Waals surface area contributed by atoms with Gasteiger partial charge in [0.15, 0.2) is 6.10 Å². The van der Waals surface area contributed by atoms with Crippen LogP contribution in [0.15, 0.2) is 0 Å². The molecule has 0 unspecified atom stereocenters. The highest BCUT2D eigenvalue weighted by molar-refractivity contribution is 5.71. The fourth-order valence-corrected chi connectivity index (χ4v) is 8.70. The average Bonchev–Trinajstić information content (AvgIpc) is 3.25. The molecule has 0 aliphatic rings. The van der Waals surface area contributed by atoms with E-state index >= 15 is 0 Å². The molecule has 0 aliphatic heterocycles. The quantitative estimate of drug-likeness (QED) is 0.0344. The molecule has 6 heteroatoms. The first kappa shape index (κ1) is 61.4. The molecule has 0 heterocycles. The molecule has 0 fully saturated rings. The third kappa shape index (κ3) is 51.3. The van der Waals surface area contributed by atoms with Gasteiger partial charge in [-0.1, -0.05) is 279 Å². The van der Waals surface area contributed by atoms with E-state index in [1.54, 1.807) is 0 Å². The van der Waals surface area contributed by atoms with Crippen molar-refractivity contribution in [2.45, 2.75) is 323 Å². The SMILES string of the molecule is CCCCCCCCCCCCCCCC(=O)O[C@H](COC(=O)CCCCCCCCCCCCCCCCC(C)C)COC(=O)CCCCCCCCCCCCCCC(C)C. The Balaban J connectivity index is 4.29. The zero-order valence-electron chi connectivity index (χ0n) is 43.2. The van der Waals surface area contributed by atoms with Crippen molar-refractivity contribution < 1.29 is 28.6 Å². The predicted octanol–water partition coefficient (Wildman–Crippen LogP) is 18.5. The first-order valence-electron chi connectivity index (χ1n) is 28.2. The van der Waals surface area contributed by atoms with E-state index in [9.17, 15) is 14.4 Å². The van der Waals surface area contributed by atoms with E-state index in [2.05, 4.69) is 34.6 Å². The lowest BCUT2D eigenvalue weighted by Crippen LogP contribution is -2.30. The maximum Gasteiger partial charge on any atom is 0.306 e. The van der Waals surface area contributed by atoms with Crippen LogP contribution in [0.1, 0.15) is 317 Å². The summed E-state index contributed by atoms with van der Waals surface area (Å²) in [6.45, 7) is 11.4. The highest BCUT2D eigenvalue weighted by atomic mass is 16.6. The Labute approximate surface area is 393 Å². The molecule has 0 saturated heterocycles. The van der Waals surface area contributed by atoms with E-state index in [1.165, 1.54) is 205 Å². The summed E-state index contributed by atoms with van der Waals surface area (Å²) in [5.41, 5.74) is 0. The summed E-state index contributed by atoms with van der Waals surface area (Å²) in [6.07, 6.45) is 52.3. The van der Waals surface area contributed by atoms with Crippen LogP contribution in [0.5, 0.6) is 0 Å². The molecule has 0 radical (unpaired) electrons. The van der Waals surface area contributed by atoms with Crippen LogP contribution in [0.3, 0.4) is 0 Å². The van der Waals surface area contributed by atoms with Gasteiger partial charge in [0.05, 0.1) is 0 Å². The minimum atomic E-state index is -0.762. The van der Waals surface area contributed by atoms with E-state index in [1.807, 2.05) is 0 Å². The number of ether oxygens (including phenoxy) is 3. The predicted molar refractivity (Wildman–Crippen MR) is 270 cm³/mol. The molecule has 0 saturated carbocycles. The normalized spacial score (nSPS) is 12.0. The number of esters is 3. The number of unbranched alkanes of at least 4 members (excludes halogenated alkanes) is 36. The van der Waals surface area contributed by atoms with Crippen LogP contribution in [0.4, 0.5) is 0 Å². The Morgan fingerprint density at radius 1 is 0.302 bits per heavy atom. The molecular weight excluding hydrogens is 781 g/mol. The van der Waals surface area contributed by atoms with Crippen molar-refractivity contribution in [3.63, 3.8) is 0 Å². The van der Waals surface area contributed by atoms with Gasteiger partial charge in [-0.05, 0) is 31.1 Å². The van der Waals surface area contributed by atoms with Gasteiger partial charge >= 0.3 is 17.9 Å². The van der Waals surface area contributed by atoms with Crippen LogP contribution in [0.2, 0.25) is 0 Å². The van der Waals surface area contributed by atoms with Gasteiger partial charge in [0.2, 0.25) is 0 Å². The van der Waals surface area contributed by atoms with Crippen molar-refractivity contribution in [1.82, 2.24) is 0 Å². The molecule has 1 atom stereocenters. The van der Waals surface area contributed by atoms with E-state index in [-0.39, 0.29) is 31.1 Å². The second-order valence-electron chi connectivity index (χ2n) is 20.5. The van der Waals surface area contributed by atoms with Crippen LogP contribution in [-0.4, -0.2) is 37.2 Å². The second-order valence-corrected chi connectivity index (χ2v) is 20.5. The third-order valence-electron chi connectivity index (χ3n) is 13.0. The fourth-order valence-electron chi connectivity index (χ4n) is 8.70. The summed E-state index contributed by atoms with van der Waals surface area (Å²) in [6, 6.07) is 0. The molecule has 0 amide bonds. The molecule has 0 N–H and O–H groups in total. The standard InChI is InChI=1S/C57H110O6/c1-6-7-8-9-10-11-12-15-24-29-34-39-44-49-57(60)63-54(51-62-56(59)48-43-38-33-28-23-19-18-21-26-31-36-41-46-53(4)5)50-61-55(58)47-42-37-32-27-22-17-14-13-16-20-25-30-35-40-45-52(2)3/h52-54H,6-51H2,1-5H3/t54-/m1/s1. The summed E-state index contributed by atoms with van der Waals surface area (Å²) in [4.78, 5) is 38.1. The number of rotatable bonds is 51. The topological polar surface area (TPSA) is 78.9 Å². The molecule has 0 aromatic rings. The third-order valence-corrected chi connectivity index (χ3v) is 13.0. The molecular formula is C57H110O6. The van der Waals surface area contributed by atoms with Crippen molar-refractivity contribution in [1.29, 1.82) is 0 Å². The van der Waals surface area contributed by atoms with Crippen LogP contribution in [-0.2, 0) is 28.6 Å². The van der Waals surface area contributed by atoms with Gasteiger partial charge in [-0.25, -0.2) is 0 Å². The van der Waals surface area contributed by atoms with Crippen LogP contribution in [0, 0.1) is 11.8 Å². The van der Waals surface area contributed by atoms with E-state index in [4.69, 9.17) is 14.2 Å². The highest BCUT2D eigenvalue weighted by Crippen LogP contribution is 2.18. The molecule has 374 valence electrons. The lowest BCUT2D eigenvalue weighted by Gasteiger charge is -2.18. The minimum Gasteiger partial charge on any atom is -0.462 e. The van der Waals surface area contributed by atoms with Crippen molar-refractivity contribution in [3.05, 3.63) is 0 Å².